The third-order valence-corrected chi connectivity index (χ3v) is 25.2. The second-order valence-corrected chi connectivity index (χ2v) is 28.3. The number of hydrogen-bond donors (Lipinski definition) is 1. The van der Waals surface area contributed by atoms with E-state index in [1.807, 2.05) is 237 Å². The van der Waals surface area contributed by atoms with E-state index in [1.54, 1.807) is 30.3 Å². The van der Waals surface area contributed by atoms with E-state index in [4.69, 9.17) is 0 Å². The van der Waals surface area contributed by atoms with Gasteiger partial charge in [-0.25, -0.2) is 4.89 Å². The van der Waals surface area contributed by atoms with Crippen molar-refractivity contribution in [1.29, 1.82) is 0 Å². The zero-order chi connectivity index (χ0) is 48.2. The average molecular weight is 986 g/mol. The molecule has 0 saturated carbocycles. The van der Waals surface area contributed by atoms with Crippen LogP contribution in [0.5, 0.6) is 0 Å². The summed E-state index contributed by atoms with van der Waals surface area (Å²) in [5.41, 5.74) is 0.309. The SMILES string of the molecule is O=C(c1cc(P(=O)(C2=CCCC=C2)c2ccccc2)cc(P(=O)(c2ccccc2)c2ccccc2)c1)c1cc(P(=O)(c2ccccc2)c2ccccc2)cc([P+](O)(c2ccccc2)c2ccccc2)c1. The summed E-state index contributed by atoms with van der Waals surface area (Å²) in [5.74, 6) is -0.480. The monoisotopic (exact) mass is 985 g/mol. The van der Waals surface area contributed by atoms with Gasteiger partial charge in [-0.05, 0) is 73.5 Å². The summed E-state index contributed by atoms with van der Waals surface area (Å²) >= 11 is 0. The molecule has 70 heavy (non-hydrogen) atoms. The maximum Gasteiger partial charge on any atom is 0.238 e. The minimum absolute atomic E-state index is 0.148. The summed E-state index contributed by atoms with van der Waals surface area (Å²) in [6, 6.07) is 75.6. The first-order chi connectivity index (χ1) is 34.1. The Balaban J connectivity index is 1.30. The van der Waals surface area contributed by atoms with Crippen LogP contribution < -0.4 is 58.3 Å². The molecule has 342 valence electrons. The molecule has 0 fully saturated rings. The highest BCUT2D eigenvalue weighted by Gasteiger charge is 2.46. The van der Waals surface area contributed by atoms with E-state index >= 15 is 18.5 Å². The van der Waals surface area contributed by atoms with E-state index in [1.165, 1.54) is 0 Å². The van der Waals surface area contributed by atoms with Crippen molar-refractivity contribution < 1.29 is 23.4 Å². The molecule has 1 atom stereocenters. The lowest BCUT2D eigenvalue weighted by molar-refractivity contribution is 0.103. The molecule has 0 radical (unpaired) electrons. The molecule has 9 aromatic carbocycles. The Morgan fingerprint density at radius 1 is 0.357 bits per heavy atom. The summed E-state index contributed by atoms with van der Waals surface area (Å²) in [5, 5.41) is 6.24. The Kier molecular flexibility index (Phi) is 13.3. The van der Waals surface area contributed by atoms with E-state index < -0.39 is 34.7 Å². The summed E-state index contributed by atoms with van der Waals surface area (Å²) in [4.78, 5) is 29.7. The van der Waals surface area contributed by atoms with Gasteiger partial charge in [-0.2, -0.15) is 0 Å². The van der Waals surface area contributed by atoms with E-state index in [0.29, 0.717) is 70.1 Å². The number of carbonyl (C=O) groups is 1. The van der Waals surface area contributed by atoms with Gasteiger partial charge in [0, 0.05) is 58.9 Å². The van der Waals surface area contributed by atoms with Crippen LogP contribution in [0, 0.1) is 0 Å². The highest BCUT2D eigenvalue weighted by molar-refractivity contribution is 7.91. The van der Waals surface area contributed by atoms with E-state index in [2.05, 4.69) is 0 Å². The predicted molar refractivity (Wildman–Crippen MR) is 296 cm³/mol. The van der Waals surface area contributed by atoms with Crippen LogP contribution >= 0.6 is 28.9 Å². The second kappa shape index (κ2) is 19.9. The third-order valence-electron chi connectivity index (χ3n) is 13.0. The maximum atomic E-state index is 16.4. The molecule has 1 N–H and O–H groups in total. The third kappa shape index (κ3) is 8.54. The molecular weight excluding hydrogens is 937 g/mol. The molecular formula is C61H49O5P4+. The molecule has 5 nitrogen and oxygen atoms in total. The summed E-state index contributed by atoms with van der Waals surface area (Å²) < 4.78 is 49.3. The van der Waals surface area contributed by atoms with Crippen molar-refractivity contribution in [3.8, 4) is 0 Å². The average Bonchev–Trinajstić information content (AvgIpc) is 3.45. The first kappa shape index (κ1) is 46.9. The van der Waals surface area contributed by atoms with Gasteiger partial charge in [-0.3, -0.25) is 4.79 Å². The van der Waals surface area contributed by atoms with Crippen LogP contribution in [0.15, 0.2) is 272 Å². The normalized spacial score (nSPS) is 13.8. The molecule has 0 bridgehead atoms. The van der Waals surface area contributed by atoms with Crippen LogP contribution in [0.1, 0.15) is 28.8 Å². The van der Waals surface area contributed by atoms with Gasteiger partial charge in [0.2, 0.25) is 7.49 Å². The lowest BCUT2D eigenvalue weighted by Crippen LogP contribution is -2.35. The topological polar surface area (TPSA) is 88.5 Å². The fourth-order valence-corrected chi connectivity index (χ4v) is 20.7. The van der Waals surface area contributed by atoms with E-state index in [9.17, 15) is 4.89 Å². The number of ketones is 1. The van der Waals surface area contributed by atoms with Crippen molar-refractivity contribution in [2.24, 2.45) is 0 Å². The molecule has 1 aliphatic carbocycles. The minimum Gasteiger partial charge on any atom is -0.309 e. The van der Waals surface area contributed by atoms with Crippen molar-refractivity contribution >= 4 is 93.0 Å². The molecule has 1 aliphatic rings. The van der Waals surface area contributed by atoms with Crippen LogP contribution in [-0.2, 0) is 13.7 Å². The Hall–Kier alpha value is -6.79. The number of hydrogen-bond acceptors (Lipinski definition) is 5. The number of carbonyl (C=O) groups excluding carboxylic acids is 1. The molecule has 9 heteroatoms. The maximum absolute atomic E-state index is 16.4. The van der Waals surface area contributed by atoms with Gasteiger partial charge in [0.05, 0.1) is 0 Å². The van der Waals surface area contributed by atoms with Gasteiger partial charge in [-0.1, -0.05) is 206 Å². The molecule has 0 aromatic heterocycles. The predicted octanol–water partition coefficient (Wildman–Crippen LogP) is 9.95. The van der Waals surface area contributed by atoms with Gasteiger partial charge >= 0.3 is 0 Å². The zero-order valence-electron chi connectivity index (χ0n) is 38.2. The molecule has 9 aromatic rings. The lowest BCUT2D eigenvalue weighted by atomic mass is 10.0. The Labute approximate surface area is 410 Å². The van der Waals surface area contributed by atoms with Crippen LogP contribution in [0.25, 0.3) is 0 Å². The van der Waals surface area contributed by atoms with Crippen molar-refractivity contribution in [2.75, 3.05) is 0 Å². The first-order valence-corrected chi connectivity index (χ1v) is 30.1. The lowest BCUT2D eigenvalue weighted by Gasteiger charge is -2.26. The van der Waals surface area contributed by atoms with Gasteiger partial charge in [0.25, 0.3) is 0 Å². The summed E-state index contributed by atoms with van der Waals surface area (Å²) in [6.07, 6.45) is 7.43. The van der Waals surface area contributed by atoms with Crippen molar-refractivity contribution in [3.05, 3.63) is 283 Å². The van der Waals surface area contributed by atoms with Crippen molar-refractivity contribution in [2.45, 2.75) is 12.8 Å². The van der Waals surface area contributed by atoms with Gasteiger partial charge < -0.3 is 13.7 Å². The fourth-order valence-electron chi connectivity index (χ4n) is 9.45. The molecule has 0 aliphatic heterocycles. The minimum atomic E-state index is -3.79. The molecule has 0 amide bonds. The van der Waals surface area contributed by atoms with E-state index in [0.717, 1.165) is 6.42 Å². The standard InChI is InChI=1S/C61H49O5P4/c62-61(47-41-57(67(63,49-25-9-1-10-26-49)50-27-11-2-12-28-50)45-58(42-47)68(64,51-29-13-3-14-30-51)52-31-15-4-16-32-52)48-43-59(69(65,53-33-17-5-18-34-53)54-35-19-6-20-36-54)46-60(44-48)70(66,55-37-21-7-22-38-55)56-39-23-8-24-40-56/h1-7,9-23,25-46,63H,8,24H2/q+1. The Morgan fingerprint density at radius 2 is 0.686 bits per heavy atom. The Morgan fingerprint density at radius 3 is 1.06 bits per heavy atom. The van der Waals surface area contributed by atoms with Crippen LogP contribution in [0.2, 0.25) is 0 Å². The fraction of sp³-hybridized carbons (Fsp3) is 0.0328. The van der Waals surface area contributed by atoms with Gasteiger partial charge in [-0.15, -0.1) is 0 Å². The molecule has 0 heterocycles. The summed E-state index contributed by atoms with van der Waals surface area (Å²) in [7, 11) is -14.9. The number of allylic oxidation sites excluding steroid dienone is 4. The van der Waals surface area contributed by atoms with Crippen LogP contribution in [0.4, 0.5) is 0 Å². The molecule has 10 rings (SSSR count). The highest BCUT2D eigenvalue weighted by atomic mass is 31.2. The van der Waals surface area contributed by atoms with E-state index in [-0.39, 0.29) is 11.1 Å². The number of rotatable bonds is 14. The zero-order valence-corrected chi connectivity index (χ0v) is 41.8. The van der Waals surface area contributed by atoms with Crippen LogP contribution in [-0.4, -0.2) is 10.7 Å². The Bertz CT molecular complexity index is 3400. The van der Waals surface area contributed by atoms with Gasteiger partial charge in [0.15, 0.2) is 27.2 Å². The second-order valence-electron chi connectivity index (χ2n) is 17.2. The first-order valence-electron chi connectivity index (χ1n) is 23.2. The molecule has 0 saturated heterocycles. The summed E-state index contributed by atoms with van der Waals surface area (Å²) in [6.45, 7) is 0. The van der Waals surface area contributed by atoms with Gasteiger partial charge in [0.1, 0.15) is 15.9 Å². The highest BCUT2D eigenvalue weighted by Crippen LogP contribution is 2.55. The van der Waals surface area contributed by atoms with Crippen LogP contribution in [0.3, 0.4) is 0 Å². The molecule has 0 spiro atoms. The smallest absolute Gasteiger partial charge is 0.238 e. The van der Waals surface area contributed by atoms with Crippen molar-refractivity contribution in [3.63, 3.8) is 0 Å². The quantitative estimate of drug-likeness (QED) is 0.0867. The number of benzene rings is 9. The largest absolute Gasteiger partial charge is 0.309 e. The molecule has 1 unspecified atom stereocenters. The van der Waals surface area contributed by atoms with Crippen molar-refractivity contribution in [1.82, 2.24) is 0 Å².